The first kappa shape index (κ1) is 18.0. The second-order valence-corrected chi connectivity index (χ2v) is 6.98. The first-order valence-corrected chi connectivity index (χ1v) is 8.95. The van der Waals surface area contributed by atoms with Crippen LogP contribution in [0.15, 0.2) is 49.2 Å². The molecule has 1 amide bonds. The van der Waals surface area contributed by atoms with Gasteiger partial charge in [0, 0.05) is 24.8 Å². The molecule has 0 saturated carbocycles. The molecule has 7 nitrogen and oxygen atoms in total. The molecular formula is C20H19BN6O. The minimum Gasteiger partial charge on any atom is -0.334 e. The standard InChI is InChI=1S/C20H19BN6O/c1-12(2)27-10-15(8-23-27)20(28)25-18-7-14-6-13(17-9-22-11-26(17)3)4-5-16(14)19(21)24-18/h4-12H,1-3H3,(H,24,25,28). The Morgan fingerprint density at radius 3 is 2.71 bits per heavy atom. The molecule has 138 valence electrons. The normalized spacial score (nSPS) is 11.3. The zero-order valence-corrected chi connectivity index (χ0v) is 15.9. The Labute approximate surface area is 163 Å². The Bertz CT molecular complexity index is 1180. The van der Waals surface area contributed by atoms with Crippen LogP contribution in [0.1, 0.15) is 30.2 Å². The number of imidazole rings is 1. The Morgan fingerprint density at radius 2 is 2.04 bits per heavy atom. The van der Waals surface area contributed by atoms with E-state index in [0.29, 0.717) is 17.0 Å². The summed E-state index contributed by atoms with van der Waals surface area (Å²) in [5.74, 6) is 0.121. The summed E-state index contributed by atoms with van der Waals surface area (Å²) in [5, 5.41) is 8.72. The summed E-state index contributed by atoms with van der Waals surface area (Å²) in [6.07, 6.45) is 6.81. The summed E-state index contributed by atoms with van der Waals surface area (Å²) < 4.78 is 3.68. The SMILES string of the molecule is [B]c1nc(NC(=O)c2cnn(C(C)C)c2)cc2cc(-c3cncn3C)ccc12. The van der Waals surface area contributed by atoms with E-state index in [1.165, 1.54) is 0 Å². The lowest BCUT2D eigenvalue weighted by Crippen LogP contribution is -2.17. The van der Waals surface area contributed by atoms with Crippen molar-refractivity contribution < 1.29 is 4.79 Å². The summed E-state index contributed by atoms with van der Waals surface area (Å²) in [6, 6.07) is 7.92. The molecule has 2 radical (unpaired) electrons. The van der Waals surface area contributed by atoms with E-state index in [1.807, 2.05) is 49.7 Å². The number of carbonyl (C=O) groups is 1. The first-order chi connectivity index (χ1) is 13.4. The molecular weight excluding hydrogens is 351 g/mol. The van der Waals surface area contributed by atoms with Crippen LogP contribution in [0.25, 0.3) is 22.0 Å². The zero-order chi connectivity index (χ0) is 19.8. The number of carbonyl (C=O) groups excluding carboxylic acids is 1. The molecule has 28 heavy (non-hydrogen) atoms. The molecule has 0 saturated heterocycles. The van der Waals surface area contributed by atoms with Gasteiger partial charge in [-0.05, 0) is 42.3 Å². The molecule has 0 aliphatic rings. The van der Waals surface area contributed by atoms with Gasteiger partial charge >= 0.3 is 0 Å². The van der Waals surface area contributed by atoms with Crippen molar-refractivity contribution in [1.82, 2.24) is 24.3 Å². The summed E-state index contributed by atoms with van der Waals surface area (Å²) in [4.78, 5) is 21.0. The van der Waals surface area contributed by atoms with Crippen LogP contribution in [0.2, 0.25) is 0 Å². The predicted molar refractivity (Wildman–Crippen MR) is 110 cm³/mol. The average molecular weight is 370 g/mol. The van der Waals surface area contributed by atoms with Gasteiger partial charge in [0.25, 0.3) is 5.91 Å². The number of benzene rings is 1. The summed E-state index contributed by atoms with van der Waals surface area (Å²) in [7, 11) is 8.06. The van der Waals surface area contributed by atoms with Crippen molar-refractivity contribution >= 4 is 35.9 Å². The molecule has 0 unspecified atom stereocenters. The van der Waals surface area contributed by atoms with Crippen molar-refractivity contribution in [2.45, 2.75) is 19.9 Å². The number of nitrogens with one attached hydrogen (secondary N) is 1. The lowest BCUT2D eigenvalue weighted by atomic mass is 9.95. The minimum atomic E-state index is -0.277. The van der Waals surface area contributed by atoms with Crippen LogP contribution in [-0.4, -0.2) is 38.1 Å². The predicted octanol–water partition coefficient (Wildman–Crippen LogP) is 2.46. The van der Waals surface area contributed by atoms with E-state index in [-0.39, 0.29) is 11.9 Å². The molecule has 0 bridgehead atoms. The maximum atomic E-state index is 12.5. The third-order valence-corrected chi connectivity index (χ3v) is 4.61. The van der Waals surface area contributed by atoms with Gasteiger partial charge in [-0.1, -0.05) is 12.1 Å². The second-order valence-electron chi connectivity index (χ2n) is 6.98. The van der Waals surface area contributed by atoms with E-state index < -0.39 is 0 Å². The highest BCUT2D eigenvalue weighted by atomic mass is 16.1. The molecule has 0 aliphatic carbocycles. The van der Waals surface area contributed by atoms with Crippen molar-refractivity contribution in [2.24, 2.45) is 7.05 Å². The van der Waals surface area contributed by atoms with Crippen molar-refractivity contribution in [2.75, 3.05) is 5.32 Å². The molecule has 0 atom stereocenters. The smallest absolute Gasteiger partial charge is 0.260 e. The first-order valence-electron chi connectivity index (χ1n) is 8.95. The van der Waals surface area contributed by atoms with E-state index in [4.69, 9.17) is 7.85 Å². The number of aromatic nitrogens is 5. The van der Waals surface area contributed by atoms with Crippen LogP contribution >= 0.6 is 0 Å². The molecule has 4 aromatic rings. The number of nitrogens with zero attached hydrogens (tertiary/aromatic N) is 5. The van der Waals surface area contributed by atoms with Crippen LogP contribution in [0, 0.1) is 0 Å². The van der Waals surface area contributed by atoms with Gasteiger partial charge in [-0.2, -0.15) is 5.10 Å². The molecule has 4 rings (SSSR count). The van der Waals surface area contributed by atoms with Gasteiger partial charge in [0.15, 0.2) is 0 Å². The summed E-state index contributed by atoms with van der Waals surface area (Å²) in [6.45, 7) is 4.00. The monoisotopic (exact) mass is 370 g/mol. The van der Waals surface area contributed by atoms with E-state index in [2.05, 4.69) is 20.4 Å². The van der Waals surface area contributed by atoms with Crippen LogP contribution < -0.4 is 10.9 Å². The lowest BCUT2D eigenvalue weighted by Gasteiger charge is -2.10. The minimum absolute atomic E-state index is 0.182. The third-order valence-electron chi connectivity index (χ3n) is 4.61. The fourth-order valence-electron chi connectivity index (χ4n) is 3.07. The highest BCUT2D eigenvalue weighted by Crippen LogP contribution is 2.24. The summed E-state index contributed by atoms with van der Waals surface area (Å²) in [5.41, 5.74) is 2.83. The van der Waals surface area contributed by atoms with Crippen LogP contribution in [0.3, 0.4) is 0 Å². The third kappa shape index (κ3) is 3.29. The molecule has 0 aliphatic heterocycles. The zero-order valence-electron chi connectivity index (χ0n) is 15.9. The largest absolute Gasteiger partial charge is 0.334 e. The molecule has 0 spiro atoms. The Kier molecular flexibility index (Phi) is 4.47. The highest BCUT2D eigenvalue weighted by molar-refractivity contribution is 6.37. The van der Waals surface area contributed by atoms with Gasteiger partial charge in [0.05, 0.1) is 30.0 Å². The molecule has 1 N–H and O–H groups in total. The topological polar surface area (TPSA) is 77.6 Å². The van der Waals surface area contributed by atoms with E-state index in [9.17, 15) is 4.79 Å². The number of pyridine rings is 1. The fourth-order valence-corrected chi connectivity index (χ4v) is 3.07. The van der Waals surface area contributed by atoms with Gasteiger partial charge in [0.2, 0.25) is 0 Å². The lowest BCUT2D eigenvalue weighted by molar-refractivity contribution is 0.102. The number of fused-ring (bicyclic) bond motifs is 1. The van der Waals surface area contributed by atoms with Crippen molar-refractivity contribution in [3.05, 3.63) is 54.7 Å². The number of hydrogen-bond donors (Lipinski definition) is 1. The average Bonchev–Trinajstić information content (AvgIpc) is 3.30. The van der Waals surface area contributed by atoms with Gasteiger partial charge in [-0.3, -0.25) is 9.48 Å². The van der Waals surface area contributed by atoms with Gasteiger partial charge < -0.3 is 9.88 Å². The van der Waals surface area contributed by atoms with Gasteiger partial charge in [-0.15, -0.1) is 0 Å². The van der Waals surface area contributed by atoms with Crippen molar-refractivity contribution in [3.8, 4) is 11.3 Å². The summed E-state index contributed by atoms with van der Waals surface area (Å²) >= 11 is 0. The van der Waals surface area contributed by atoms with Crippen LogP contribution in [0.5, 0.6) is 0 Å². The number of anilines is 1. The van der Waals surface area contributed by atoms with E-state index >= 15 is 0 Å². The molecule has 3 aromatic heterocycles. The number of hydrogen-bond acceptors (Lipinski definition) is 4. The van der Waals surface area contributed by atoms with E-state index in [1.54, 1.807) is 29.6 Å². The maximum absolute atomic E-state index is 12.5. The molecule has 0 fully saturated rings. The Morgan fingerprint density at radius 1 is 1.21 bits per heavy atom. The Balaban J connectivity index is 1.67. The maximum Gasteiger partial charge on any atom is 0.260 e. The molecule has 8 heteroatoms. The van der Waals surface area contributed by atoms with Gasteiger partial charge in [0.1, 0.15) is 13.7 Å². The highest BCUT2D eigenvalue weighted by Gasteiger charge is 2.13. The molecule has 3 heterocycles. The fraction of sp³-hybridized carbons (Fsp3) is 0.200. The quantitative estimate of drug-likeness (QED) is 0.560. The number of amides is 1. The van der Waals surface area contributed by atoms with Gasteiger partial charge in [-0.25, -0.2) is 9.97 Å². The Hall–Kier alpha value is -3.42. The van der Waals surface area contributed by atoms with Crippen molar-refractivity contribution in [1.29, 1.82) is 0 Å². The van der Waals surface area contributed by atoms with Crippen LogP contribution in [-0.2, 0) is 7.05 Å². The van der Waals surface area contributed by atoms with Crippen molar-refractivity contribution in [3.63, 3.8) is 0 Å². The number of aryl methyl sites for hydroxylation is 1. The van der Waals surface area contributed by atoms with Crippen LogP contribution in [0.4, 0.5) is 5.82 Å². The molecule has 1 aromatic carbocycles. The van der Waals surface area contributed by atoms with E-state index in [0.717, 1.165) is 22.0 Å². The number of rotatable bonds is 4. The second kappa shape index (κ2) is 6.96.